The van der Waals surface area contributed by atoms with Gasteiger partial charge in [0.25, 0.3) is 5.69 Å². The Labute approximate surface area is 92.5 Å². The summed E-state index contributed by atoms with van der Waals surface area (Å²) in [7, 11) is 0. The van der Waals surface area contributed by atoms with E-state index in [0.717, 1.165) is 11.1 Å². The van der Waals surface area contributed by atoms with E-state index in [-0.39, 0.29) is 10.7 Å². The predicted octanol–water partition coefficient (Wildman–Crippen LogP) is 2.61. The summed E-state index contributed by atoms with van der Waals surface area (Å²) in [4.78, 5) is 10.1. The largest absolute Gasteiger partial charge is 0.327 e. The lowest BCUT2D eigenvalue weighted by Crippen LogP contribution is -1.99. The van der Waals surface area contributed by atoms with E-state index >= 15 is 0 Å². The van der Waals surface area contributed by atoms with Gasteiger partial charge in [-0.15, -0.1) is 0 Å². The zero-order chi connectivity index (χ0) is 11.4. The highest BCUT2D eigenvalue weighted by atomic mass is 35.5. The second-order valence-corrected chi connectivity index (χ2v) is 3.57. The van der Waals surface area contributed by atoms with E-state index in [9.17, 15) is 10.1 Å². The molecule has 0 aliphatic heterocycles. The van der Waals surface area contributed by atoms with Crippen molar-refractivity contribution in [3.05, 3.63) is 44.5 Å². The predicted molar refractivity (Wildman–Crippen MR) is 60.8 cm³/mol. The van der Waals surface area contributed by atoms with Crippen LogP contribution < -0.4 is 5.73 Å². The second kappa shape index (κ2) is 4.91. The van der Waals surface area contributed by atoms with Crippen LogP contribution in [-0.2, 0) is 0 Å². The lowest BCUT2D eigenvalue weighted by molar-refractivity contribution is -0.384. The van der Waals surface area contributed by atoms with Crippen molar-refractivity contribution in [1.29, 1.82) is 0 Å². The molecule has 1 rings (SSSR count). The quantitative estimate of drug-likeness (QED) is 0.636. The molecule has 5 heteroatoms. The van der Waals surface area contributed by atoms with Crippen molar-refractivity contribution in [2.45, 2.75) is 6.92 Å². The summed E-state index contributed by atoms with van der Waals surface area (Å²) < 4.78 is 0. The van der Waals surface area contributed by atoms with Crippen LogP contribution in [0.5, 0.6) is 0 Å². The lowest BCUT2D eigenvalue weighted by Gasteiger charge is -1.99. The first-order chi connectivity index (χ1) is 7.04. The number of halogens is 1. The lowest BCUT2D eigenvalue weighted by atomic mass is 10.1. The van der Waals surface area contributed by atoms with Gasteiger partial charge in [0.05, 0.1) is 4.92 Å². The summed E-state index contributed by atoms with van der Waals surface area (Å²) in [5.74, 6) is 0. The molecule has 0 bridgehead atoms. The smallest absolute Gasteiger partial charge is 0.288 e. The first kappa shape index (κ1) is 11.7. The summed E-state index contributed by atoms with van der Waals surface area (Å²) in [6, 6.07) is 4.66. The van der Waals surface area contributed by atoms with E-state index in [2.05, 4.69) is 0 Å². The Kier molecular flexibility index (Phi) is 3.82. The number of nitro groups is 1. The van der Waals surface area contributed by atoms with Gasteiger partial charge in [0.1, 0.15) is 5.02 Å². The Morgan fingerprint density at radius 2 is 2.33 bits per heavy atom. The van der Waals surface area contributed by atoms with Crippen LogP contribution in [0.2, 0.25) is 5.02 Å². The fraction of sp³-hybridized carbons (Fsp3) is 0.200. The number of hydrogen-bond acceptors (Lipinski definition) is 3. The van der Waals surface area contributed by atoms with Crippen LogP contribution in [0.3, 0.4) is 0 Å². The first-order valence-electron chi connectivity index (χ1n) is 4.35. The molecule has 80 valence electrons. The standard InChI is InChI=1S/C10H11ClN2O2/c1-7(6-12)4-8-2-3-9(11)10(5-8)13(14)15/h2-5H,6,12H2,1H3. The average Bonchev–Trinajstić information content (AvgIpc) is 2.20. The van der Waals surface area contributed by atoms with Crippen LogP contribution in [0.15, 0.2) is 23.8 Å². The minimum atomic E-state index is -0.503. The Balaban J connectivity index is 3.13. The molecular formula is C10H11ClN2O2. The molecule has 0 aliphatic carbocycles. The van der Waals surface area contributed by atoms with Gasteiger partial charge in [-0.2, -0.15) is 0 Å². The van der Waals surface area contributed by atoms with Crippen molar-refractivity contribution in [1.82, 2.24) is 0 Å². The number of hydrogen-bond donors (Lipinski definition) is 1. The van der Waals surface area contributed by atoms with Gasteiger partial charge in [-0.3, -0.25) is 10.1 Å². The molecule has 15 heavy (non-hydrogen) atoms. The van der Waals surface area contributed by atoms with Gasteiger partial charge in [0.2, 0.25) is 0 Å². The third-order valence-electron chi connectivity index (χ3n) is 1.90. The fourth-order valence-corrected chi connectivity index (χ4v) is 1.29. The highest BCUT2D eigenvalue weighted by Gasteiger charge is 2.11. The number of nitrogens with zero attached hydrogens (tertiary/aromatic N) is 1. The Bertz CT molecular complexity index is 416. The summed E-state index contributed by atoms with van der Waals surface area (Å²) in [5.41, 5.74) is 7.01. The molecule has 0 saturated heterocycles. The van der Waals surface area contributed by atoms with Gasteiger partial charge >= 0.3 is 0 Å². The monoisotopic (exact) mass is 226 g/mol. The van der Waals surface area contributed by atoms with E-state index in [1.807, 2.05) is 6.92 Å². The van der Waals surface area contributed by atoms with Gasteiger partial charge in [0.15, 0.2) is 0 Å². The first-order valence-corrected chi connectivity index (χ1v) is 4.73. The maximum Gasteiger partial charge on any atom is 0.288 e. The van der Waals surface area contributed by atoms with E-state index in [4.69, 9.17) is 17.3 Å². The minimum absolute atomic E-state index is 0.0877. The maximum absolute atomic E-state index is 10.6. The van der Waals surface area contributed by atoms with Crippen LogP contribution in [0.4, 0.5) is 5.69 Å². The van der Waals surface area contributed by atoms with Crippen LogP contribution in [0.25, 0.3) is 6.08 Å². The Hall–Kier alpha value is -1.39. The van der Waals surface area contributed by atoms with Gasteiger partial charge in [-0.1, -0.05) is 29.3 Å². The molecule has 0 unspecified atom stereocenters. The van der Waals surface area contributed by atoms with E-state index < -0.39 is 4.92 Å². The van der Waals surface area contributed by atoms with Crippen molar-refractivity contribution in [3.63, 3.8) is 0 Å². The molecular weight excluding hydrogens is 216 g/mol. The Morgan fingerprint density at radius 1 is 1.67 bits per heavy atom. The van der Waals surface area contributed by atoms with Gasteiger partial charge in [0, 0.05) is 12.6 Å². The highest BCUT2D eigenvalue weighted by Crippen LogP contribution is 2.25. The second-order valence-electron chi connectivity index (χ2n) is 3.16. The van der Waals surface area contributed by atoms with E-state index in [1.165, 1.54) is 12.1 Å². The third kappa shape index (κ3) is 3.04. The van der Waals surface area contributed by atoms with E-state index in [0.29, 0.717) is 6.54 Å². The zero-order valence-electron chi connectivity index (χ0n) is 8.24. The average molecular weight is 227 g/mol. The molecule has 1 aromatic carbocycles. The van der Waals surface area contributed by atoms with Crippen molar-refractivity contribution in [2.75, 3.05) is 6.54 Å². The van der Waals surface area contributed by atoms with Gasteiger partial charge < -0.3 is 5.73 Å². The molecule has 1 aromatic rings. The maximum atomic E-state index is 10.6. The summed E-state index contributed by atoms with van der Waals surface area (Å²) >= 11 is 5.67. The van der Waals surface area contributed by atoms with Gasteiger partial charge in [-0.25, -0.2) is 0 Å². The van der Waals surface area contributed by atoms with Gasteiger partial charge in [-0.05, 0) is 18.6 Å². The third-order valence-corrected chi connectivity index (χ3v) is 2.22. The zero-order valence-corrected chi connectivity index (χ0v) is 8.99. The van der Waals surface area contributed by atoms with Crippen LogP contribution >= 0.6 is 11.6 Å². The molecule has 2 N–H and O–H groups in total. The highest BCUT2D eigenvalue weighted by molar-refractivity contribution is 6.32. The number of nitro benzene ring substituents is 1. The SMILES string of the molecule is CC(=Cc1ccc(Cl)c([N+](=O)[O-])c1)CN. The molecule has 0 fully saturated rings. The molecule has 4 nitrogen and oxygen atoms in total. The van der Waals surface area contributed by atoms with Crippen LogP contribution in [-0.4, -0.2) is 11.5 Å². The minimum Gasteiger partial charge on any atom is -0.327 e. The number of benzene rings is 1. The summed E-state index contributed by atoms with van der Waals surface area (Å²) in [5, 5.41) is 10.7. The molecule has 0 aliphatic rings. The molecule has 0 spiro atoms. The van der Waals surface area contributed by atoms with Crippen molar-refractivity contribution in [3.8, 4) is 0 Å². The van der Waals surface area contributed by atoms with E-state index in [1.54, 1.807) is 12.1 Å². The molecule has 0 heterocycles. The molecule has 0 saturated carbocycles. The van der Waals surface area contributed by atoms with Crippen LogP contribution in [0.1, 0.15) is 12.5 Å². The molecule has 0 radical (unpaired) electrons. The number of rotatable bonds is 3. The topological polar surface area (TPSA) is 69.2 Å². The summed E-state index contributed by atoms with van der Waals surface area (Å²) in [6.07, 6.45) is 1.79. The summed E-state index contributed by atoms with van der Waals surface area (Å²) in [6.45, 7) is 2.29. The Morgan fingerprint density at radius 3 is 2.87 bits per heavy atom. The fourth-order valence-electron chi connectivity index (χ4n) is 1.10. The normalized spacial score (nSPS) is 11.5. The van der Waals surface area contributed by atoms with Crippen LogP contribution in [0, 0.1) is 10.1 Å². The van der Waals surface area contributed by atoms with Crippen molar-refractivity contribution >= 4 is 23.4 Å². The van der Waals surface area contributed by atoms with Crippen molar-refractivity contribution in [2.24, 2.45) is 5.73 Å². The molecule has 0 amide bonds. The van der Waals surface area contributed by atoms with Crippen molar-refractivity contribution < 1.29 is 4.92 Å². The molecule has 0 atom stereocenters. The molecule has 0 aromatic heterocycles. The number of nitrogens with two attached hydrogens (primary N) is 1.